The molecule has 83 heavy (non-hydrogen) atoms. The monoisotopic (exact) mass is 1180 g/mol. The van der Waals surface area contributed by atoms with Crippen molar-refractivity contribution in [3.63, 3.8) is 0 Å². The second-order valence-electron chi connectivity index (χ2n) is 24.9. The van der Waals surface area contributed by atoms with Crippen molar-refractivity contribution >= 4 is 13.7 Å². The predicted molar refractivity (Wildman–Crippen MR) is 362 cm³/mol. The Hall–Kier alpha value is -2.58. The molecular formula is C74H135N2O6P. The Labute approximate surface area is 515 Å². The van der Waals surface area contributed by atoms with Crippen molar-refractivity contribution < 1.29 is 32.9 Å². The maximum atomic E-state index is 13.0. The van der Waals surface area contributed by atoms with Crippen molar-refractivity contribution in [1.29, 1.82) is 0 Å². The Morgan fingerprint density at radius 1 is 0.434 bits per heavy atom. The molecule has 9 heteroatoms. The van der Waals surface area contributed by atoms with E-state index in [4.69, 9.17) is 9.05 Å². The number of carbonyl (C=O) groups is 1. The molecule has 0 aromatic rings. The van der Waals surface area contributed by atoms with Gasteiger partial charge in [0.15, 0.2) is 0 Å². The van der Waals surface area contributed by atoms with Crippen LogP contribution in [0.15, 0.2) is 97.2 Å². The normalized spacial score (nSPS) is 14.3. The number of phosphoric acid groups is 1. The van der Waals surface area contributed by atoms with Crippen LogP contribution in [0.2, 0.25) is 0 Å². The number of quaternary nitrogens is 1. The minimum absolute atomic E-state index is 0.00303. The number of hydrogen-bond donors (Lipinski definition) is 2. The van der Waals surface area contributed by atoms with E-state index in [1.54, 1.807) is 6.08 Å². The van der Waals surface area contributed by atoms with Gasteiger partial charge in [0.25, 0.3) is 7.82 Å². The number of nitrogens with one attached hydrogen (secondary N) is 1. The number of likely N-dealkylation sites (N-methyl/N-ethyl adjacent to an activating group) is 1. The molecule has 0 aliphatic rings. The molecule has 0 saturated heterocycles. The maximum absolute atomic E-state index is 13.0. The summed E-state index contributed by atoms with van der Waals surface area (Å²) in [6.45, 7) is 4.57. The molecule has 0 aliphatic heterocycles. The van der Waals surface area contributed by atoms with Crippen molar-refractivity contribution in [1.82, 2.24) is 5.32 Å². The Bertz CT molecular complexity index is 1670. The van der Waals surface area contributed by atoms with E-state index >= 15 is 0 Å². The molecule has 0 fully saturated rings. The standard InChI is InChI=1S/C74H135N2O6P/c1-6-8-10-12-14-16-18-20-22-24-26-28-30-32-33-34-35-36-37-38-39-40-41-42-43-44-46-48-50-52-54-56-58-60-62-64-66-68-74(78)75-72(71-82-83(79,80)81-70-69-76(3,4)5)73(77)67-65-63-61-59-57-55-53-51-49-47-45-31-29-27-25-23-21-19-17-15-13-11-9-7-2/h8,10,14,16,20,22,26,28,32-33,35-36,38-39,65,67,72-73,77H,6-7,9,11-13,15,17-19,21,23-25,27,29-31,34,37,40-64,66,68-71H2,1-5H3,(H-,75,78,79,80)/b10-8-,16-14-,22-20-,28-26-,33-32-,36-35-,39-38-,67-65+. The lowest BCUT2D eigenvalue weighted by Gasteiger charge is -2.29. The zero-order valence-electron chi connectivity index (χ0n) is 55.1. The van der Waals surface area contributed by atoms with Crippen LogP contribution in [-0.4, -0.2) is 68.5 Å². The second-order valence-corrected chi connectivity index (χ2v) is 26.3. The molecule has 8 nitrogen and oxygen atoms in total. The third-order valence-corrected chi connectivity index (χ3v) is 16.5. The van der Waals surface area contributed by atoms with E-state index < -0.39 is 20.0 Å². The quantitative estimate of drug-likeness (QED) is 0.0272. The van der Waals surface area contributed by atoms with Crippen LogP contribution >= 0.6 is 7.82 Å². The van der Waals surface area contributed by atoms with E-state index in [1.165, 1.54) is 212 Å². The third kappa shape index (κ3) is 66.8. The van der Waals surface area contributed by atoms with Gasteiger partial charge < -0.3 is 28.8 Å². The lowest BCUT2D eigenvalue weighted by atomic mass is 10.0. The highest BCUT2D eigenvalue weighted by Gasteiger charge is 2.23. The first-order valence-electron chi connectivity index (χ1n) is 35.1. The average Bonchev–Trinajstić information content (AvgIpc) is 3.50. The molecule has 0 bridgehead atoms. The number of unbranched alkanes of at least 4 members (excludes halogenated alkanes) is 37. The lowest BCUT2D eigenvalue weighted by molar-refractivity contribution is -0.870. The smallest absolute Gasteiger partial charge is 0.268 e. The Morgan fingerprint density at radius 2 is 0.735 bits per heavy atom. The second kappa shape index (κ2) is 63.9. The van der Waals surface area contributed by atoms with Gasteiger partial charge in [0.1, 0.15) is 13.2 Å². The molecule has 0 radical (unpaired) electrons. The number of aliphatic hydroxyl groups is 1. The highest BCUT2D eigenvalue weighted by molar-refractivity contribution is 7.45. The predicted octanol–water partition coefficient (Wildman–Crippen LogP) is 21.9. The van der Waals surface area contributed by atoms with Crippen LogP contribution in [0, 0.1) is 0 Å². The van der Waals surface area contributed by atoms with Gasteiger partial charge in [-0.1, -0.05) is 329 Å². The molecule has 0 heterocycles. The van der Waals surface area contributed by atoms with Gasteiger partial charge in [0, 0.05) is 6.42 Å². The fraction of sp³-hybridized carbons (Fsp3) is 0.770. The van der Waals surface area contributed by atoms with Gasteiger partial charge >= 0.3 is 0 Å². The molecule has 1 amide bonds. The largest absolute Gasteiger partial charge is 0.756 e. The summed E-state index contributed by atoms with van der Waals surface area (Å²) >= 11 is 0. The first-order chi connectivity index (χ1) is 40.5. The molecule has 3 atom stereocenters. The number of aliphatic hydroxyl groups excluding tert-OH is 1. The van der Waals surface area contributed by atoms with Crippen LogP contribution in [0.3, 0.4) is 0 Å². The van der Waals surface area contributed by atoms with E-state index in [2.05, 4.69) is 104 Å². The first kappa shape index (κ1) is 80.4. The third-order valence-electron chi connectivity index (χ3n) is 15.5. The lowest BCUT2D eigenvalue weighted by Crippen LogP contribution is -2.45. The minimum Gasteiger partial charge on any atom is -0.756 e. The van der Waals surface area contributed by atoms with Crippen LogP contribution in [0.25, 0.3) is 0 Å². The summed E-state index contributed by atoms with van der Waals surface area (Å²) in [7, 11) is 1.26. The SMILES string of the molecule is CC/C=C\C/C=C\C/C=C\C/C=C\C/C=C\C/C=C\C/C=C\CCCCCCCCCCCCCCCCCC(=O)NC(COP(=O)([O-])OCC[N+](C)(C)C)C(O)/C=C/CCCCCCCCCCCCCCCCCCCCCCCC. The molecule has 3 unspecified atom stereocenters. The maximum Gasteiger partial charge on any atom is 0.268 e. The van der Waals surface area contributed by atoms with Crippen molar-refractivity contribution in [2.75, 3.05) is 40.9 Å². The van der Waals surface area contributed by atoms with Gasteiger partial charge in [-0.05, 0) is 77.0 Å². The van der Waals surface area contributed by atoms with E-state index in [1.807, 2.05) is 27.2 Å². The number of allylic oxidation sites excluding steroid dienone is 15. The highest BCUT2D eigenvalue weighted by atomic mass is 31.2. The Kier molecular flexibility index (Phi) is 61.9. The molecule has 0 aliphatic carbocycles. The molecule has 0 rings (SSSR count). The summed E-state index contributed by atoms with van der Waals surface area (Å²) in [4.78, 5) is 25.6. The fourth-order valence-corrected chi connectivity index (χ4v) is 10.9. The summed E-state index contributed by atoms with van der Waals surface area (Å²) in [5.41, 5.74) is 0. The van der Waals surface area contributed by atoms with Crippen LogP contribution in [-0.2, 0) is 18.4 Å². The number of hydrogen-bond acceptors (Lipinski definition) is 6. The summed E-state index contributed by atoms with van der Waals surface area (Å²) in [5, 5.41) is 14.0. The van der Waals surface area contributed by atoms with Crippen LogP contribution in [0.4, 0.5) is 0 Å². The van der Waals surface area contributed by atoms with E-state index in [9.17, 15) is 19.4 Å². The molecule has 2 N–H and O–H groups in total. The van der Waals surface area contributed by atoms with Crippen molar-refractivity contribution in [2.45, 2.75) is 328 Å². The van der Waals surface area contributed by atoms with Gasteiger partial charge in [0.2, 0.25) is 5.91 Å². The van der Waals surface area contributed by atoms with Crippen molar-refractivity contribution in [2.24, 2.45) is 0 Å². The fourth-order valence-electron chi connectivity index (χ4n) is 10.1. The van der Waals surface area contributed by atoms with Crippen molar-refractivity contribution in [3.8, 4) is 0 Å². The summed E-state index contributed by atoms with van der Waals surface area (Å²) in [5.74, 6) is -0.196. The molecule has 0 aromatic carbocycles. The minimum atomic E-state index is -4.61. The van der Waals surface area contributed by atoms with Gasteiger partial charge in [-0.25, -0.2) is 0 Å². The summed E-state index contributed by atoms with van der Waals surface area (Å²) in [6, 6.07) is -0.892. The van der Waals surface area contributed by atoms with Gasteiger partial charge in [-0.2, -0.15) is 0 Å². The number of phosphoric ester groups is 1. The van der Waals surface area contributed by atoms with Crippen LogP contribution < -0.4 is 10.2 Å². The number of nitrogens with zero attached hydrogens (tertiary/aromatic N) is 1. The van der Waals surface area contributed by atoms with Gasteiger partial charge in [-0.15, -0.1) is 0 Å². The van der Waals surface area contributed by atoms with Crippen molar-refractivity contribution in [3.05, 3.63) is 97.2 Å². The number of carbonyl (C=O) groups excluding carboxylic acids is 1. The molecule has 482 valence electrons. The molecule has 0 aromatic heterocycles. The van der Waals surface area contributed by atoms with Crippen LogP contribution in [0.1, 0.15) is 316 Å². The highest BCUT2D eigenvalue weighted by Crippen LogP contribution is 2.38. The first-order valence-corrected chi connectivity index (χ1v) is 36.6. The molecular weight excluding hydrogens is 1040 g/mol. The zero-order chi connectivity index (χ0) is 60.5. The van der Waals surface area contributed by atoms with E-state index in [-0.39, 0.29) is 19.1 Å². The number of rotatable bonds is 64. The topological polar surface area (TPSA) is 108 Å². The summed E-state index contributed by atoms with van der Waals surface area (Å²) in [6.07, 6.45) is 92.3. The van der Waals surface area contributed by atoms with E-state index in [0.29, 0.717) is 17.4 Å². The average molecular weight is 1180 g/mol. The Balaban J connectivity index is 4.06. The van der Waals surface area contributed by atoms with Gasteiger partial charge in [0.05, 0.1) is 39.9 Å². The van der Waals surface area contributed by atoms with Gasteiger partial charge in [-0.3, -0.25) is 9.36 Å². The molecule has 0 spiro atoms. The van der Waals surface area contributed by atoms with Crippen LogP contribution in [0.5, 0.6) is 0 Å². The summed E-state index contributed by atoms with van der Waals surface area (Å²) < 4.78 is 23.5. The molecule has 0 saturated carbocycles. The zero-order valence-corrected chi connectivity index (χ0v) is 56.0. The Morgan fingerprint density at radius 3 is 1.07 bits per heavy atom. The van der Waals surface area contributed by atoms with E-state index in [0.717, 1.165) is 83.5 Å². The number of amides is 1.